The van der Waals surface area contributed by atoms with Gasteiger partial charge in [-0.05, 0) is 44.9 Å². The monoisotopic (exact) mass is 684 g/mol. The molecule has 7 atom stereocenters. The van der Waals surface area contributed by atoms with E-state index in [0.717, 1.165) is 44.9 Å². The zero-order valence-corrected chi connectivity index (χ0v) is 30.5. The molecular weight excluding hydrogens is 610 g/mol. The van der Waals surface area contributed by atoms with E-state index in [1.165, 1.54) is 96.3 Å². The fourth-order valence-corrected chi connectivity index (χ4v) is 6.03. The summed E-state index contributed by atoms with van der Waals surface area (Å²) < 4.78 is 11.1. The summed E-state index contributed by atoms with van der Waals surface area (Å²) in [6, 6.07) is -0.800. The highest BCUT2D eigenvalue weighted by Gasteiger charge is 2.44. The summed E-state index contributed by atoms with van der Waals surface area (Å²) in [7, 11) is 0. The van der Waals surface area contributed by atoms with Gasteiger partial charge in [-0.3, -0.25) is 4.79 Å². The fraction of sp³-hybridized carbons (Fsp3) is 0.872. The minimum Gasteiger partial charge on any atom is -0.394 e. The molecule has 0 spiro atoms. The number of hydrogen-bond donors (Lipinski definition) is 6. The first kappa shape index (κ1) is 44.7. The zero-order valence-electron chi connectivity index (χ0n) is 30.5. The van der Waals surface area contributed by atoms with Crippen molar-refractivity contribution in [1.29, 1.82) is 0 Å². The maximum atomic E-state index is 12.8. The van der Waals surface area contributed by atoms with Crippen LogP contribution in [-0.4, -0.2) is 87.5 Å². The summed E-state index contributed by atoms with van der Waals surface area (Å²) in [6.07, 6.45) is 26.7. The van der Waals surface area contributed by atoms with Crippen molar-refractivity contribution in [3.63, 3.8) is 0 Å². The summed E-state index contributed by atoms with van der Waals surface area (Å²) in [5.74, 6) is -0.187. The van der Waals surface area contributed by atoms with Gasteiger partial charge in [0.05, 0.1) is 25.4 Å². The van der Waals surface area contributed by atoms with Crippen molar-refractivity contribution in [1.82, 2.24) is 5.32 Å². The molecule has 1 rings (SSSR count). The van der Waals surface area contributed by atoms with Gasteiger partial charge in [-0.2, -0.15) is 0 Å². The number of carbonyl (C=O) groups excluding carboxylic acids is 1. The smallest absolute Gasteiger partial charge is 0.220 e. The van der Waals surface area contributed by atoms with Gasteiger partial charge in [0, 0.05) is 6.42 Å². The van der Waals surface area contributed by atoms with E-state index in [2.05, 4.69) is 31.3 Å². The Morgan fingerprint density at radius 1 is 0.688 bits per heavy atom. The molecule has 9 nitrogen and oxygen atoms in total. The van der Waals surface area contributed by atoms with Crippen LogP contribution in [0.1, 0.15) is 162 Å². The van der Waals surface area contributed by atoms with Gasteiger partial charge in [-0.25, -0.2) is 0 Å². The number of aliphatic hydroxyl groups is 5. The second kappa shape index (κ2) is 30.5. The number of ether oxygens (including phenoxy) is 2. The lowest BCUT2D eigenvalue weighted by Gasteiger charge is -2.40. The Balaban J connectivity index is 2.34. The van der Waals surface area contributed by atoms with Crippen molar-refractivity contribution in [3.8, 4) is 0 Å². The quantitative estimate of drug-likeness (QED) is 0.0346. The van der Waals surface area contributed by atoms with E-state index < -0.39 is 49.5 Å². The number of aliphatic hydroxyl groups excluding tert-OH is 5. The number of rotatable bonds is 31. The average Bonchev–Trinajstić information content (AvgIpc) is 3.08. The first-order valence-electron chi connectivity index (χ1n) is 19.6. The van der Waals surface area contributed by atoms with E-state index >= 15 is 0 Å². The molecule has 1 aliphatic heterocycles. The van der Waals surface area contributed by atoms with Gasteiger partial charge < -0.3 is 40.3 Å². The van der Waals surface area contributed by atoms with Gasteiger partial charge in [0.25, 0.3) is 0 Å². The first-order chi connectivity index (χ1) is 23.3. The van der Waals surface area contributed by atoms with Gasteiger partial charge in [0.2, 0.25) is 5.91 Å². The highest BCUT2D eigenvalue weighted by molar-refractivity contribution is 5.76. The average molecular weight is 684 g/mol. The molecule has 1 fully saturated rings. The molecule has 6 N–H and O–H groups in total. The molecule has 0 aromatic heterocycles. The normalized spacial score (nSPS) is 22.9. The maximum absolute atomic E-state index is 12.8. The topological polar surface area (TPSA) is 149 Å². The Bertz CT molecular complexity index is 807. The molecule has 1 heterocycles. The molecule has 7 unspecified atom stereocenters. The third kappa shape index (κ3) is 21.7. The van der Waals surface area contributed by atoms with Crippen LogP contribution in [0.5, 0.6) is 0 Å². The largest absolute Gasteiger partial charge is 0.394 e. The van der Waals surface area contributed by atoms with Gasteiger partial charge in [0.1, 0.15) is 24.4 Å². The fourth-order valence-electron chi connectivity index (χ4n) is 6.03. The Labute approximate surface area is 292 Å². The third-order valence-electron chi connectivity index (χ3n) is 9.27. The Morgan fingerprint density at radius 3 is 1.69 bits per heavy atom. The molecule has 48 heavy (non-hydrogen) atoms. The molecule has 0 aliphatic carbocycles. The molecule has 0 aromatic carbocycles. The van der Waals surface area contributed by atoms with Crippen LogP contribution in [0.15, 0.2) is 24.3 Å². The molecule has 0 saturated carbocycles. The molecule has 282 valence electrons. The minimum absolute atomic E-state index is 0.187. The Hall–Kier alpha value is -1.33. The van der Waals surface area contributed by atoms with E-state index in [4.69, 9.17) is 9.47 Å². The van der Waals surface area contributed by atoms with Crippen LogP contribution in [0.25, 0.3) is 0 Å². The SMILES string of the molecule is CCCCCCC/C=C/C(O)C(COC1OC(CO)C(O)C(O)C1O)NC(=O)CCCCCCCCC/C=C\CCCCCCCCC. The number of unbranched alkanes of at least 4 members (excludes halogenated alkanes) is 19. The number of carbonyl (C=O) groups is 1. The van der Waals surface area contributed by atoms with E-state index in [1.54, 1.807) is 6.08 Å². The lowest BCUT2D eigenvalue weighted by Crippen LogP contribution is -2.60. The van der Waals surface area contributed by atoms with Crippen LogP contribution in [-0.2, 0) is 14.3 Å². The molecule has 1 amide bonds. The predicted molar refractivity (Wildman–Crippen MR) is 193 cm³/mol. The molecule has 0 aromatic rings. The van der Waals surface area contributed by atoms with Crippen LogP contribution < -0.4 is 5.32 Å². The van der Waals surface area contributed by atoms with Crippen molar-refractivity contribution < 1.29 is 39.8 Å². The third-order valence-corrected chi connectivity index (χ3v) is 9.27. The van der Waals surface area contributed by atoms with Crippen molar-refractivity contribution in [2.24, 2.45) is 0 Å². The number of nitrogens with one attached hydrogen (secondary N) is 1. The molecule has 1 aliphatic rings. The molecule has 1 saturated heterocycles. The molecule has 0 radical (unpaired) electrons. The van der Waals surface area contributed by atoms with Crippen LogP contribution in [0.2, 0.25) is 0 Å². The number of hydrogen-bond acceptors (Lipinski definition) is 8. The van der Waals surface area contributed by atoms with Crippen molar-refractivity contribution >= 4 is 5.91 Å². The lowest BCUT2D eigenvalue weighted by molar-refractivity contribution is -0.302. The lowest BCUT2D eigenvalue weighted by atomic mass is 9.99. The van der Waals surface area contributed by atoms with Gasteiger partial charge in [-0.1, -0.05) is 134 Å². The summed E-state index contributed by atoms with van der Waals surface area (Å²) in [6.45, 7) is 3.68. The van der Waals surface area contributed by atoms with Crippen LogP contribution in [0.3, 0.4) is 0 Å². The summed E-state index contributed by atoms with van der Waals surface area (Å²) in [5.41, 5.74) is 0. The summed E-state index contributed by atoms with van der Waals surface area (Å²) in [4.78, 5) is 12.8. The Morgan fingerprint density at radius 2 is 1.17 bits per heavy atom. The van der Waals surface area contributed by atoms with E-state index in [9.17, 15) is 30.3 Å². The second-order valence-corrected chi connectivity index (χ2v) is 13.7. The van der Waals surface area contributed by atoms with Crippen LogP contribution in [0, 0.1) is 0 Å². The molecule has 9 heteroatoms. The highest BCUT2D eigenvalue weighted by Crippen LogP contribution is 2.22. The number of amides is 1. The number of allylic oxidation sites excluding steroid dienone is 3. The van der Waals surface area contributed by atoms with Gasteiger partial charge >= 0.3 is 0 Å². The highest BCUT2D eigenvalue weighted by atomic mass is 16.7. The van der Waals surface area contributed by atoms with Crippen molar-refractivity contribution in [3.05, 3.63) is 24.3 Å². The first-order valence-corrected chi connectivity index (χ1v) is 19.6. The molecule has 0 bridgehead atoms. The standard InChI is InChI=1S/C39H73NO8/c1-3-5-7-9-11-12-13-14-15-16-17-18-19-20-21-23-25-27-29-35(43)40-32(33(42)28-26-24-22-10-8-6-4-2)31-47-39-38(46)37(45)36(44)34(30-41)48-39/h15-16,26,28,32-34,36-39,41-42,44-46H,3-14,17-25,27,29-31H2,1-2H3,(H,40,43)/b16-15-,28-26+. The van der Waals surface area contributed by atoms with Gasteiger partial charge in [0.15, 0.2) is 6.29 Å². The second-order valence-electron chi connectivity index (χ2n) is 13.7. The zero-order chi connectivity index (χ0) is 35.2. The van der Waals surface area contributed by atoms with E-state index in [1.807, 2.05) is 6.08 Å². The van der Waals surface area contributed by atoms with Crippen LogP contribution >= 0.6 is 0 Å². The van der Waals surface area contributed by atoms with Crippen molar-refractivity contribution in [2.45, 2.75) is 204 Å². The summed E-state index contributed by atoms with van der Waals surface area (Å²) >= 11 is 0. The van der Waals surface area contributed by atoms with E-state index in [-0.39, 0.29) is 12.5 Å². The molecular formula is C39H73NO8. The predicted octanol–water partition coefficient (Wildman–Crippen LogP) is 6.77. The van der Waals surface area contributed by atoms with E-state index in [0.29, 0.717) is 6.42 Å². The minimum atomic E-state index is -1.56. The van der Waals surface area contributed by atoms with Crippen LogP contribution in [0.4, 0.5) is 0 Å². The van der Waals surface area contributed by atoms with Gasteiger partial charge in [-0.15, -0.1) is 0 Å². The Kier molecular flexibility index (Phi) is 28.4. The van der Waals surface area contributed by atoms with Crippen molar-refractivity contribution in [2.75, 3.05) is 13.2 Å². The maximum Gasteiger partial charge on any atom is 0.220 e. The summed E-state index contributed by atoms with van der Waals surface area (Å²) in [5, 5.41) is 53.7.